The first-order chi connectivity index (χ1) is 11.8. The largest absolute Gasteiger partial charge is 0.353 e. The fourth-order valence-corrected chi connectivity index (χ4v) is 3.33. The van der Waals surface area contributed by atoms with Crippen molar-refractivity contribution in [1.82, 2.24) is 10.6 Å². The Morgan fingerprint density at radius 3 is 2.52 bits per heavy atom. The van der Waals surface area contributed by atoms with Gasteiger partial charge in [0.25, 0.3) is 5.91 Å². The third-order valence-electron chi connectivity index (χ3n) is 4.12. The molecule has 0 aliphatic heterocycles. The van der Waals surface area contributed by atoms with Gasteiger partial charge >= 0.3 is 0 Å². The summed E-state index contributed by atoms with van der Waals surface area (Å²) in [5.74, 6) is -1.84. The van der Waals surface area contributed by atoms with E-state index in [1.807, 2.05) is 0 Å². The van der Waals surface area contributed by atoms with Crippen molar-refractivity contribution in [2.75, 3.05) is 6.54 Å². The zero-order valence-corrected chi connectivity index (χ0v) is 14.6. The zero-order valence-electron chi connectivity index (χ0n) is 13.8. The van der Waals surface area contributed by atoms with Gasteiger partial charge in [0.1, 0.15) is 5.82 Å². The standard InChI is InChI=1S/C16H22FN3O4S/c17-14-7-6-12(25(18,23)24)10-13(14)16(22)19-9-8-15(21)20-11-4-2-1-3-5-11/h6-7,10-11H,1-5,8-9H2,(H,19,22)(H,20,21)(H2,18,23,24). The number of hydrogen-bond donors (Lipinski definition) is 3. The maximum atomic E-state index is 13.7. The molecule has 0 atom stereocenters. The number of rotatable bonds is 6. The molecule has 1 aliphatic rings. The van der Waals surface area contributed by atoms with Gasteiger partial charge in [-0.1, -0.05) is 19.3 Å². The summed E-state index contributed by atoms with van der Waals surface area (Å²) < 4.78 is 36.3. The van der Waals surface area contributed by atoms with Crippen LogP contribution in [0.2, 0.25) is 0 Å². The Labute approximate surface area is 146 Å². The van der Waals surface area contributed by atoms with Gasteiger partial charge in [-0.2, -0.15) is 0 Å². The van der Waals surface area contributed by atoms with Crippen molar-refractivity contribution < 1.29 is 22.4 Å². The first-order valence-electron chi connectivity index (χ1n) is 8.17. The molecule has 0 aromatic heterocycles. The minimum Gasteiger partial charge on any atom is -0.353 e. The average molecular weight is 371 g/mol. The molecule has 7 nitrogen and oxygen atoms in total. The average Bonchev–Trinajstić information content (AvgIpc) is 2.55. The van der Waals surface area contributed by atoms with Gasteiger partial charge in [-0.05, 0) is 31.0 Å². The Morgan fingerprint density at radius 1 is 1.20 bits per heavy atom. The molecule has 9 heteroatoms. The molecule has 1 saturated carbocycles. The molecule has 0 saturated heterocycles. The van der Waals surface area contributed by atoms with Crippen molar-refractivity contribution in [2.45, 2.75) is 49.5 Å². The van der Waals surface area contributed by atoms with Crippen LogP contribution in [0.1, 0.15) is 48.9 Å². The number of carbonyl (C=O) groups is 2. The van der Waals surface area contributed by atoms with E-state index in [2.05, 4.69) is 10.6 Å². The lowest BCUT2D eigenvalue weighted by atomic mass is 9.95. The molecule has 4 N–H and O–H groups in total. The van der Waals surface area contributed by atoms with E-state index in [1.165, 1.54) is 6.42 Å². The summed E-state index contributed by atoms with van der Waals surface area (Å²) in [5.41, 5.74) is -0.431. The molecule has 25 heavy (non-hydrogen) atoms. The minimum absolute atomic E-state index is 0.0242. The van der Waals surface area contributed by atoms with Gasteiger partial charge in [-0.15, -0.1) is 0 Å². The highest BCUT2D eigenvalue weighted by molar-refractivity contribution is 7.89. The Kier molecular flexibility index (Phi) is 6.49. The van der Waals surface area contributed by atoms with Crippen LogP contribution in [0.5, 0.6) is 0 Å². The van der Waals surface area contributed by atoms with Gasteiger partial charge in [0, 0.05) is 19.0 Å². The van der Waals surface area contributed by atoms with Crippen molar-refractivity contribution in [3.8, 4) is 0 Å². The summed E-state index contributed by atoms with van der Waals surface area (Å²) in [7, 11) is -4.04. The van der Waals surface area contributed by atoms with Crippen molar-refractivity contribution in [3.63, 3.8) is 0 Å². The fraction of sp³-hybridized carbons (Fsp3) is 0.500. The number of halogens is 1. The van der Waals surface area contributed by atoms with Crippen molar-refractivity contribution >= 4 is 21.8 Å². The lowest BCUT2D eigenvalue weighted by Gasteiger charge is -2.22. The molecule has 138 valence electrons. The van der Waals surface area contributed by atoms with Gasteiger partial charge in [0.15, 0.2) is 0 Å². The van der Waals surface area contributed by atoms with Crippen LogP contribution < -0.4 is 15.8 Å². The number of amides is 2. The molecule has 1 aromatic rings. The summed E-state index contributed by atoms with van der Waals surface area (Å²) >= 11 is 0. The van der Waals surface area contributed by atoms with E-state index in [0.29, 0.717) is 0 Å². The minimum atomic E-state index is -4.04. The maximum Gasteiger partial charge on any atom is 0.254 e. The topological polar surface area (TPSA) is 118 Å². The van der Waals surface area contributed by atoms with E-state index >= 15 is 0 Å². The van der Waals surface area contributed by atoms with Crippen molar-refractivity contribution in [1.29, 1.82) is 0 Å². The quantitative estimate of drug-likeness (QED) is 0.692. The van der Waals surface area contributed by atoms with Crippen LogP contribution in [0.4, 0.5) is 4.39 Å². The van der Waals surface area contributed by atoms with E-state index in [4.69, 9.17) is 5.14 Å². The second-order valence-electron chi connectivity index (χ2n) is 6.10. The smallest absolute Gasteiger partial charge is 0.254 e. The summed E-state index contributed by atoms with van der Waals surface area (Å²) in [4.78, 5) is 23.5. The van der Waals surface area contributed by atoms with Crippen LogP contribution in [0.25, 0.3) is 0 Å². The van der Waals surface area contributed by atoms with E-state index in [0.717, 1.165) is 43.9 Å². The molecule has 0 heterocycles. The Morgan fingerprint density at radius 2 is 1.88 bits per heavy atom. The second kappa shape index (κ2) is 8.39. The molecular weight excluding hydrogens is 349 g/mol. The molecule has 0 bridgehead atoms. The molecule has 0 spiro atoms. The predicted octanol–water partition coefficient (Wildman–Crippen LogP) is 1.04. The third-order valence-corrected chi connectivity index (χ3v) is 5.03. The van der Waals surface area contributed by atoms with Crippen LogP contribution in [0.3, 0.4) is 0 Å². The number of nitrogens with two attached hydrogens (primary N) is 1. The van der Waals surface area contributed by atoms with Crippen molar-refractivity contribution in [3.05, 3.63) is 29.6 Å². The first kappa shape index (κ1) is 19.3. The van der Waals surface area contributed by atoms with Crippen LogP contribution >= 0.6 is 0 Å². The van der Waals surface area contributed by atoms with Gasteiger partial charge in [-0.25, -0.2) is 17.9 Å². The molecule has 0 unspecified atom stereocenters. The lowest BCUT2D eigenvalue weighted by molar-refractivity contribution is -0.121. The monoisotopic (exact) mass is 371 g/mol. The summed E-state index contributed by atoms with van der Waals surface area (Å²) in [6.07, 6.45) is 5.38. The van der Waals surface area contributed by atoms with Crippen LogP contribution in [0.15, 0.2) is 23.1 Å². The van der Waals surface area contributed by atoms with E-state index in [9.17, 15) is 22.4 Å². The highest BCUT2D eigenvalue weighted by Crippen LogP contribution is 2.17. The number of nitrogens with one attached hydrogen (secondary N) is 2. The van der Waals surface area contributed by atoms with Crippen molar-refractivity contribution in [2.24, 2.45) is 5.14 Å². The lowest BCUT2D eigenvalue weighted by Crippen LogP contribution is -2.38. The molecule has 2 amide bonds. The number of benzene rings is 1. The Hall–Kier alpha value is -2.00. The highest BCUT2D eigenvalue weighted by Gasteiger charge is 2.18. The number of primary sulfonamides is 1. The van der Waals surface area contributed by atoms with Gasteiger partial charge < -0.3 is 10.6 Å². The van der Waals surface area contributed by atoms with E-state index in [-0.39, 0.29) is 29.8 Å². The maximum absolute atomic E-state index is 13.7. The molecule has 2 rings (SSSR count). The second-order valence-corrected chi connectivity index (χ2v) is 7.66. The number of sulfonamides is 1. The summed E-state index contributed by atoms with van der Waals surface area (Å²) in [6.45, 7) is 0.0242. The van der Waals surface area contributed by atoms with E-state index in [1.54, 1.807) is 0 Å². The van der Waals surface area contributed by atoms with Gasteiger partial charge in [-0.3, -0.25) is 9.59 Å². The normalized spacial score (nSPS) is 15.6. The van der Waals surface area contributed by atoms with Gasteiger partial charge in [0.2, 0.25) is 15.9 Å². The molecule has 1 aliphatic carbocycles. The zero-order chi connectivity index (χ0) is 18.4. The molecular formula is C16H22FN3O4S. The summed E-state index contributed by atoms with van der Waals surface area (Å²) in [5, 5.41) is 10.3. The van der Waals surface area contributed by atoms with Gasteiger partial charge in [0.05, 0.1) is 10.5 Å². The van der Waals surface area contributed by atoms with E-state index < -0.39 is 27.3 Å². The Balaban J connectivity index is 1.86. The molecule has 1 aromatic carbocycles. The molecule has 1 fully saturated rings. The summed E-state index contributed by atoms with van der Waals surface area (Å²) in [6, 6.07) is 2.91. The predicted molar refractivity (Wildman–Crippen MR) is 89.7 cm³/mol. The Bertz CT molecular complexity index is 746. The number of hydrogen-bond acceptors (Lipinski definition) is 4. The third kappa shape index (κ3) is 5.79. The molecule has 0 radical (unpaired) electrons. The van der Waals surface area contributed by atoms with Crippen LogP contribution in [-0.4, -0.2) is 32.8 Å². The first-order valence-corrected chi connectivity index (χ1v) is 9.72. The van der Waals surface area contributed by atoms with Crippen LogP contribution in [-0.2, 0) is 14.8 Å². The number of carbonyl (C=O) groups excluding carboxylic acids is 2. The van der Waals surface area contributed by atoms with Crippen LogP contribution in [0, 0.1) is 5.82 Å². The fourth-order valence-electron chi connectivity index (χ4n) is 2.79. The SMILES string of the molecule is NS(=O)(=O)c1ccc(F)c(C(=O)NCCC(=O)NC2CCCCC2)c1. The highest BCUT2D eigenvalue weighted by atomic mass is 32.2.